The van der Waals surface area contributed by atoms with E-state index in [1.165, 1.54) is 11.1 Å². The molecule has 1 aromatic carbocycles. The van der Waals surface area contributed by atoms with Gasteiger partial charge in [-0.25, -0.2) is 0 Å². The van der Waals surface area contributed by atoms with Gasteiger partial charge in [0.05, 0.1) is 5.60 Å². The van der Waals surface area contributed by atoms with Crippen molar-refractivity contribution in [3.8, 4) is 0 Å². The van der Waals surface area contributed by atoms with Crippen LogP contribution in [0.15, 0.2) is 49.6 Å². The second-order valence-electron chi connectivity index (χ2n) is 3.67. The van der Waals surface area contributed by atoms with Crippen molar-refractivity contribution in [1.82, 2.24) is 0 Å². The van der Waals surface area contributed by atoms with Crippen LogP contribution in [0.5, 0.6) is 0 Å². The molecule has 0 aliphatic carbocycles. The van der Waals surface area contributed by atoms with Crippen molar-refractivity contribution in [3.05, 3.63) is 60.7 Å². The summed E-state index contributed by atoms with van der Waals surface area (Å²) in [7, 11) is 0.682. The first-order valence-electron chi connectivity index (χ1n) is 5.04. The van der Waals surface area contributed by atoms with E-state index in [1.807, 2.05) is 24.3 Å². The lowest BCUT2D eigenvalue weighted by Gasteiger charge is -2.26. The van der Waals surface area contributed by atoms with E-state index >= 15 is 0 Å². The predicted octanol–water partition coefficient (Wildman–Crippen LogP) is 1.95. The van der Waals surface area contributed by atoms with Crippen molar-refractivity contribution in [1.29, 1.82) is 0 Å². The summed E-state index contributed by atoms with van der Waals surface area (Å²) < 4.78 is 5.60. The molecule has 0 aliphatic rings. The highest BCUT2D eigenvalue weighted by molar-refractivity contribution is 5.98. The minimum Gasteiger partial charge on any atom is -0.415 e. The van der Waals surface area contributed by atoms with Crippen molar-refractivity contribution < 1.29 is 4.43 Å². The highest BCUT2D eigenvalue weighted by Crippen LogP contribution is 2.21. The first-order valence-corrected chi connectivity index (χ1v) is 5.86. The highest BCUT2D eigenvalue weighted by Gasteiger charge is 2.21. The molecule has 0 bridgehead atoms. The maximum atomic E-state index is 5.60. The summed E-state index contributed by atoms with van der Waals surface area (Å²) in [6.07, 6.45) is 4.48. The molecule has 0 fully saturated rings. The standard InChI is InChI=1S/C13H18OSi/c1-4-13(5-2,14-15)10-12-9-7-6-8-11(12)3/h4-9H,1-2,10H2,3,15H3. The highest BCUT2D eigenvalue weighted by atomic mass is 28.2. The first kappa shape index (κ1) is 11.9. The Balaban J connectivity index is 2.97. The van der Waals surface area contributed by atoms with Gasteiger partial charge in [0.25, 0.3) is 0 Å². The molecule has 15 heavy (non-hydrogen) atoms. The van der Waals surface area contributed by atoms with Crippen LogP contribution in [0, 0.1) is 6.92 Å². The number of rotatable bonds is 5. The monoisotopic (exact) mass is 218 g/mol. The van der Waals surface area contributed by atoms with Gasteiger partial charge in [0.15, 0.2) is 0 Å². The van der Waals surface area contributed by atoms with Crippen molar-refractivity contribution in [2.75, 3.05) is 0 Å². The molecule has 0 saturated heterocycles. The van der Waals surface area contributed by atoms with E-state index < -0.39 is 5.60 Å². The quantitative estimate of drug-likeness (QED) is 0.542. The van der Waals surface area contributed by atoms with Crippen LogP contribution in [0.2, 0.25) is 0 Å². The van der Waals surface area contributed by atoms with E-state index in [-0.39, 0.29) is 0 Å². The van der Waals surface area contributed by atoms with Gasteiger partial charge in [0, 0.05) is 6.42 Å². The van der Waals surface area contributed by atoms with Crippen molar-refractivity contribution in [3.63, 3.8) is 0 Å². The van der Waals surface area contributed by atoms with Crippen LogP contribution in [-0.2, 0) is 10.8 Å². The fourth-order valence-corrected chi connectivity index (χ4v) is 2.05. The molecule has 0 amide bonds. The second kappa shape index (κ2) is 5.10. The summed E-state index contributed by atoms with van der Waals surface area (Å²) in [4.78, 5) is 0. The van der Waals surface area contributed by atoms with E-state index in [0.29, 0.717) is 10.5 Å². The van der Waals surface area contributed by atoms with Crippen LogP contribution in [0.4, 0.5) is 0 Å². The van der Waals surface area contributed by atoms with Gasteiger partial charge in [-0.05, 0) is 18.1 Å². The number of hydrogen-bond donors (Lipinski definition) is 0. The van der Waals surface area contributed by atoms with Gasteiger partial charge in [-0.1, -0.05) is 49.6 Å². The minimum absolute atomic E-state index is 0.391. The van der Waals surface area contributed by atoms with E-state index in [0.717, 1.165) is 6.42 Å². The largest absolute Gasteiger partial charge is 0.415 e. The number of aryl methyl sites for hydroxylation is 1. The summed E-state index contributed by atoms with van der Waals surface area (Å²) in [6.45, 7) is 9.76. The molecule has 0 aromatic heterocycles. The Morgan fingerprint density at radius 2 is 1.93 bits per heavy atom. The Labute approximate surface area is 95.0 Å². The molecule has 1 nitrogen and oxygen atoms in total. The molecule has 0 aliphatic heterocycles. The Bertz CT molecular complexity index is 349. The molecule has 0 radical (unpaired) electrons. The van der Waals surface area contributed by atoms with Crippen molar-refractivity contribution in [2.45, 2.75) is 18.9 Å². The van der Waals surface area contributed by atoms with Crippen molar-refractivity contribution >= 4 is 10.5 Å². The van der Waals surface area contributed by atoms with Gasteiger partial charge in [-0.15, -0.1) is 0 Å². The average molecular weight is 218 g/mol. The molecule has 0 heterocycles. The molecule has 0 spiro atoms. The van der Waals surface area contributed by atoms with E-state index in [1.54, 1.807) is 0 Å². The topological polar surface area (TPSA) is 9.23 Å². The first-order chi connectivity index (χ1) is 7.17. The summed E-state index contributed by atoms with van der Waals surface area (Å²) in [5, 5.41) is 0. The third-order valence-corrected chi connectivity index (χ3v) is 3.56. The molecule has 0 unspecified atom stereocenters. The molecule has 1 aromatic rings. The van der Waals surface area contributed by atoms with Crippen LogP contribution >= 0.6 is 0 Å². The van der Waals surface area contributed by atoms with E-state index in [2.05, 4.69) is 32.2 Å². The van der Waals surface area contributed by atoms with Crippen molar-refractivity contribution in [2.24, 2.45) is 0 Å². The molecule has 0 saturated carbocycles. The fraction of sp³-hybridized carbons (Fsp3) is 0.231. The predicted molar refractivity (Wildman–Crippen MR) is 69.0 cm³/mol. The SMILES string of the molecule is C=CC(C=C)(Cc1ccccc1C)O[SiH3]. The number of benzene rings is 1. The molecule has 1 rings (SSSR count). The summed E-state index contributed by atoms with van der Waals surface area (Å²) in [5.74, 6) is 0. The maximum absolute atomic E-state index is 5.60. The lowest BCUT2D eigenvalue weighted by atomic mass is 9.92. The van der Waals surface area contributed by atoms with Gasteiger partial charge in [-0.3, -0.25) is 0 Å². The molecule has 2 heteroatoms. The Morgan fingerprint density at radius 3 is 2.40 bits per heavy atom. The number of hydrogen-bond acceptors (Lipinski definition) is 1. The summed E-state index contributed by atoms with van der Waals surface area (Å²) in [5.41, 5.74) is 2.18. The Hall–Kier alpha value is -1.12. The van der Waals surface area contributed by atoms with Gasteiger partial charge < -0.3 is 4.43 Å². The van der Waals surface area contributed by atoms with Crippen LogP contribution in [-0.4, -0.2) is 16.1 Å². The smallest absolute Gasteiger partial charge is 0.147 e. The molecule has 80 valence electrons. The Kier molecular flexibility index (Phi) is 4.06. The van der Waals surface area contributed by atoms with Crippen LogP contribution in [0.1, 0.15) is 11.1 Å². The molecule has 0 atom stereocenters. The van der Waals surface area contributed by atoms with Gasteiger partial charge in [0.2, 0.25) is 0 Å². The van der Waals surface area contributed by atoms with Crippen LogP contribution < -0.4 is 0 Å². The van der Waals surface area contributed by atoms with Gasteiger partial charge in [0.1, 0.15) is 10.5 Å². The molecular weight excluding hydrogens is 200 g/mol. The normalized spacial score (nSPS) is 11.3. The fourth-order valence-electron chi connectivity index (χ4n) is 1.57. The Morgan fingerprint density at radius 1 is 1.33 bits per heavy atom. The van der Waals surface area contributed by atoms with Gasteiger partial charge in [-0.2, -0.15) is 0 Å². The van der Waals surface area contributed by atoms with Gasteiger partial charge >= 0.3 is 0 Å². The summed E-state index contributed by atoms with van der Waals surface area (Å²) >= 11 is 0. The molecular formula is C13H18OSi. The van der Waals surface area contributed by atoms with Crippen LogP contribution in [0.25, 0.3) is 0 Å². The zero-order valence-corrected chi connectivity index (χ0v) is 11.5. The minimum atomic E-state index is -0.391. The third kappa shape index (κ3) is 2.67. The summed E-state index contributed by atoms with van der Waals surface area (Å²) in [6, 6.07) is 8.33. The maximum Gasteiger partial charge on any atom is 0.147 e. The lowest BCUT2D eigenvalue weighted by Crippen LogP contribution is -2.29. The van der Waals surface area contributed by atoms with E-state index in [4.69, 9.17) is 4.43 Å². The zero-order valence-electron chi connectivity index (χ0n) is 9.49. The molecule has 0 N–H and O–H groups in total. The lowest BCUT2D eigenvalue weighted by molar-refractivity contribution is 0.191. The zero-order chi connectivity index (χ0) is 11.3. The van der Waals surface area contributed by atoms with E-state index in [9.17, 15) is 0 Å². The third-order valence-electron chi connectivity index (χ3n) is 2.80. The second-order valence-corrected chi connectivity index (χ2v) is 4.08. The van der Waals surface area contributed by atoms with Crippen LogP contribution in [0.3, 0.4) is 0 Å². The average Bonchev–Trinajstić information content (AvgIpc) is 2.29.